The standard InChI is InChI=1S/C15H16Cl2N2O3S/c1-8-13(12(7-20)19-15(23)18-8)14(21)22-5-4-9-2-3-10(16)6-11(9)17/h2-3,6,12,20H,4-5,7H2,1H3,(H2,18,19,23). The van der Waals surface area contributed by atoms with Crippen molar-refractivity contribution in [2.75, 3.05) is 13.2 Å². The minimum Gasteiger partial charge on any atom is -0.462 e. The van der Waals surface area contributed by atoms with Gasteiger partial charge in [-0.15, -0.1) is 0 Å². The third kappa shape index (κ3) is 4.57. The fourth-order valence-electron chi connectivity index (χ4n) is 2.25. The summed E-state index contributed by atoms with van der Waals surface area (Å²) in [4.78, 5) is 12.2. The molecule has 1 aromatic carbocycles. The molecule has 0 radical (unpaired) electrons. The van der Waals surface area contributed by atoms with E-state index in [0.29, 0.717) is 32.8 Å². The van der Waals surface area contributed by atoms with Crippen LogP contribution in [0.15, 0.2) is 29.5 Å². The van der Waals surface area contributed by atoms with Crippen LogP contribution in [-0.4, -0.2) is 35.4 Å². The molecule has 0 amide bonds. The second-order valence-electron chi connectivity index (χ2n) is 4.99. The molecule has 8 heteroatoms. The molecular formula is C15H16Cl2N2O3S. The van der Waals surface area contributed by atoms with E-state index in [0.717, 1.165) is 5.56 Å². The van der Waals surface area contributed by atoms with Crippen LogP contribution in [0.3, 0.4) is 0 Å². The molecule has 3 N–H and O–H groups in total. The average molecular weight is 375 g/mol. The number of allylic oxidation sites excluding steroid dienone is 1. The van der Waals surface area contributed by atoms with Gasteiger partial charge in [-0.2, -0.15) is 0 Å². The number of nitrogens with one attached hydrogen (secondary N) is 2. The lowest BCUT2D eigenvalue weighted by Crippen LogP contribution is -2.51. The Morgan fingerprint density at radius 1 is 1.43 bits per heavy atom. The van der Waals surface area contributed by atoms with Gasteiger partial charge in [0, 0.05) is 22.2 Å². The summed E-state index contributed by atoms with van der Waals surface area (Å²) in [6, 6.07) is 4.59. The Kier molecular flexibility index (Phi) is 6.24. The van der Waals surface area contributed by atoms with Crippen molar-refractivity contribution in [3.8, 4) is 0 Å². The quantitative estimate of drug-likeness (QED) is 0.542. The fourth-order valence-corrected chi connectivity index (χ4v) is 3.05. The number of halogens is 2. The molecule has 0 aliphatic carbocycles. The monoisotopic (exact) mass is 374 g/mol. The lowest BCUT2D eigenvalue weighted by atomic mass is 10.0. The summed E-state index contributed by atoms with van der Waals surface area (Å²) >= 11 is 16.9. The highest BCUT2D eigenvalue weighted by Crippen LogP contribution is 2.21. The Balaban J connectivity index is 1.98. The summed E-state index contributed by atoms with van der Waals surface area (Å²) in [6.45, 7) is 1.62. The van der Waals surface area contributed by atoms with Crippen LogP contribution >= 0.6 is 35.4 Å². The van der Waals surface area contributed by atoms with Crippen molar-refractivity contribution in [2.24, 2.45) is 0 Å². The number of rotatable bonds is 5. The number of aliphatic hydroxyl groups is 1. The molecule has 1 aliphatic heterocycles. The van der Waals surface area contributed by atoms with Crippen molar-refractivity contribution < 1.29 is 14.6 Å². The highest BCUT2D eigenvalue weighted by atomic mass is 35.5. The molecule has 1 unspecified atom stereocenters. The maximum atomic E-state index is 12.2. The summed E-state index contributed by atoms with van der Waals surface area (Å²) < 4.78 is 5.29. The molecule has 1 atom stereocenters. The van der Waals surface area contributed by atoms with E-state index in [-0.39, 0.29) is 13.2 Å². The Morgan fingerprint density at radius 3 is 2.83 bits per heavy atom. The van der Waals surface area contributed by atoms with Crippen LogP contribution in [0, 0.1) is 0 Å². The topological polar surface area (TPSA) is 70.6 Å². The number of carbonyl (C=O) groups excluding carboxylic acids is 1. The van der Waals surface area contributed by atoms with Gasteiger partial charge < -0.3 is 20.5 Å². The summed E-state index contributed by atoms with van der Waals surface area (Å²) in [7, 11) is 0. The molecule has 124 valence electrons. The van der Waals surface area contributed by atoms with Gasteiger partial charge in [0.25, 0.3) is 0 Å². The molecule has 5 nitrogen and oxygen atoms in total. The number of hydrogen-bond donors (Lipinski definition) is 3. The first-order valence-electron chi connectivity index (χ1n) is 6.92. The van der Waals surface area contributed by atoms with Crippen LogP contribution in [0.5, 0.6) is 0 Å². The van der Waals surface area contributed by atoms with E-state index in [4.69, 9.17) is 40.2 Å². The molecule has 23 heavy (non-hydrogen) atoms. The van der Waals surface area contributed by atoms with Crippen LogP contribution in [0.1, 0.15) is 12.5 Å². The fraction of sp³-hybridized carbons (Fsp3) is 0.333. The predicted molar refractivity (Wildman–Crippen MR) is 93.6 cm³/mol. The largest absolute Gasteiger partial charge is 0.462 e. The van der Waals surface area contributed by atoms with Crippen LogP contribution in [0.4, 0.5) is 0 Å². The first kappa shape index (κ1) is 18.0. The van der Waals surface area contributed by atoms with E-state index >= 15 is 0 Å². The molecule has 0 fully saturated rings. The summed E-state index contributed by atoms with van der Waals surface area (Å²) in [5, 5.41) is 16.5. The minimum atomic E-state index is -0.574. The Labute approximate surface area is 149 Å². The van der Waals surface area contributed by atoms with Crippen molar-refractivity contribution in [1.82, 2.24) is 10.6 Å². The van der Waals surface area contributed by atoms with Gasteiger partial charge in [0.1, 0.15) is 0 Å². The van der Waals surface area contributed by atoms with Crippen molar-refractivity contribution in [3.05, 3.63) is 45.1 Å². The van der Waals surface area contributed by atoms with E-state index in [9.17, 15) is 9.90 Å². The highest BCUT2D eigenvalue weighted by Gasteiger charge is 2.29. The first-order valence-corrected chi connectivity index (χ1v) is 8.09. The maximum absolute atomic E-state index is 12.2. The van der Waals surface area contributed by atoms with Crippen LogP contribution in [-0.2, 0) is 16.0 Å². The third-order valence-corrected chi connectivity index (χ3v) is 4.19. The zero-order chi connectivity index (χ0) is 17.0. The maximum Gasteiger partial charge on any atom is 0.337 e. The smallest absolute Gasteiger partial charge is 0.337 e. The molecule has 0 aromatic heterocycles. The highest BCUT2D eigenvalue weighted by molar-refractivity contribution is 7.80. The molecule has 1 aromatic rings. The lowest BCUT2D eigenvalue weighted by molar-refractivity contribution is -0.139. The zero-order valence-corrected chi connectivity index (χ0v) is 14.7. The molecule has 0 saturated carbocycles. The van der Waals surface area contributed by atoms with Gasteiger partial charge in [-0.25, -0.2) is 4.79 Å². The van der Waals surface area contributed by atoms with Crippen molar-refractivity contribution in [1.29, 1.82) is 0 Å². The van der Waals surface area contributed by atoms with Crippen molar-refractivity contribution in [3.63, 3.8) is 0 Å². The SMILES string of the molecule is CC1=C(C(=O)OCCc2ccc(Cl)cc2Cl)C(CO)NC(=S)N1. The zero-order valence-electron chi connectivity index (χ0n) is 12.4. The molecule has 0 bridgehead atoms. The summed E-state index contributed by atoms with van der Waals surface area (Å²) in [6.07, 6.45) is 0.469. The minimum absolute atomic E-state index is 0.166. The van der Waals surface area contributed by atoms with Gasteiger partial charge >= 0.3 is 5.97 Å². The first-order chi connectivity index (χ1) is 10.9. The van der Waals surface area contributed by atoms with Gasteiger partial charge in [0.2, 0.25) is 0 Å². The van der Waals surface area contributed by atoms with Crippen LogP contribution in [0.2, 0.25) is 10.0 Å². The van der Waals surface area contributed by atoms with Crippen molar-refractivity contribution in [2.45, 2.75) is 19.4 Å². The molecular weight excluding hydrogens is 359 g/mol. The van der Waals surface area contributed by atoms with E-state index in [1.54, 1.807) is 25.1 Å². The van der Waals surface area contributed by atoms with E-state index in [1.807, 2.05) is 0 Å². The third-order valence-electron chi connectivity index (χ3n) is 3.38. The Hall–Kier alpha value is -1.34. The van der Waals surface area contributed by atoms with E-state index < -0.39 is 12.0 Å². The van der Waals surface area contributed by atoms with Crippen molar-refractivity contribution >= 4 is 46.5 Å². The van der Waals surface area contributed by atoms with Gasteiger partial charge in [0.15, 0.2) is 5.11 Å². The summed E-state index contributed by atoms with van der Waals surface area (Å²) in [5.74, 6) is -0.505. The Bertz CT molecular complexity index is 664. The predicted octanol–water partition coefficient (Wildman–Crippen LogP) is 2.19. The molecule has 2 rings (SSSR count). The number of thiocarbonyl (C=S) groups is 1. The van der Waals surface area contributed by atoms with Crippen LogP contribution in [0.25, 0.3) is 0 Å². The van der Waals surface area contributed by atoms with Gasteiger partial charge in [0.05, 0.1) is 24.8 Å². The van der Waals surface area contributed by atoms with E-state index in [1.165, 1.54) is 0 Å². The van der Waals surface area contributed by atoms with E-state index in [2.05, 4.69) is 10.6 Å². The molecule has 0 spiro atoms. The number of esters is 1. The average Bonchev–Trinajstić information content (AvgIpc) is 2.48. The summed E-state index contributed by atoms with van der Waals surface area (Å²) in [5.41, 5.74) is 1.75. The van der Waals surface area contributed by atoms with Gasteiger partial charge in [-0.1, -0.05) is 29.3 Å². The molecule has 1 aliphatic rings. The molecule has 0 saturated heterocycles. The molecule has 1 heterocycles. The number of benzene rings is 1. The Morgan fingerprint density at radius 2 is 2.17 bits per heavy atom. The second kappa shape index (κ2) is 7.97. The van der Waals surface area contributed by atoms with Gasteiger partial charge in [-0.05, 0) is 36.8 Å². The lowest BCUT2D eigenvalue weighted by Gasteiger charge is -2.28. The number of hydrogen-bond acceptors (Lipinski definition) is 4. The number of carbonyl (C=O) groups is 1. The second-order valence-corrected chi connectivity index (χ2v) is 6.25. The van der Waals surface area contributed by atoms with Gasteiger partial charge in [-0.3, -0.25) is 0 Å². The van der Waals surface area contributed by atoms with Crippen LogP contribution < -0.4 is 10.6 Å². The number of aliphatic hydroxyl groups excluding tert-OH is 1. The normalized spacial score (nSPS) is 17.6. The number of ether oxygens (including phenoxy) is 1.